The third-order valence-electron chi connectivity index (χ3n) is 4.59. The first-order valence-corrected chi connectivity index (χ1v) is 10.9. The zero-order valence-electron chi connectivity index (χ0n) is 17.4. The maximum absolute atomic E-state index is 13.1. The van der Waals surface area contributed by atoms with Crippen molar-refractivity contribution in [1.82, 2.24) is 10.2 Å². The second-order valence-corrected chi connectivity index (χ2v) is 8.52. The van der Waals surface area contributed by atoms with E-state index in [2.05, 4.69) is 27.9 Å². The van der Waals surface area contributed by atoms with E-state index in [9.17, 15) is 9.59 Å². The molecule has 0 heterocycles. The summed E-state index contributed by atoms with van der Waals surface area (Å²) in [5, 5.41) is 2.94. The smallest absolute Gasteiger partial charge is 0.261 e. The van der Waals surface area contributed by atoms with Crippen LogP contribution in [0.4, 0.5) is 0 Å². The van der Waals surface area contributed by atoms with E-state index >= 15 is 0 Å². The van der Waals surface area contributed by atoms with Crippen molar-refractivity contribution in [2.24, 2.45) is 0 Å². The number of halogens is 1. The number of hydrogen-bond acceptors (Lipinski definition) is 3. The van der Waals surface area contributed by atoms with Crippen molar-refractivity contribution in [3.63, 3.8) is 0 Å². The van der Waals surface area contributed by atoms with Gasteiger partial charge in [-0.05, 0) is 85.2 Å². The summed E-state index contributed by atoms with van der Waals surface area (Å²) < 4.78 is 6.80. The predicted molar refractivity (Wildman–Crippen MR) is 124 cm³/mol. The van der Waals surface area contributed by atoms with Crippen molar-refractivity contribution in [2.75, 3.05) is 6.61 Å². The molecule has 0 aromatic heterocycles. The molecule has 0 fully saturated rings. The van der Waals surface area contributed by atoms with Gasteiger partial charge in [0.2, 0.25) is 5.91 Å². The first-order valence-electron chi connectivity index (χ1n) is 9.84. The number of hydrogen-bond donors (Lipinski definition) is 1. The molecule has 0 aliphatic carbocycles. The molecule has 29 heavy (non-hydrogen) atoms. The highest BCUT2D eigenvalue weighted by molar-refractivity contribution is 14.1. The van der Waals surface area contributed by atoms with Gasteiger partial charge in [0.25, 0.3) is 5.91 Å². The minimum atomic E-state index is -0.551. The Balaban J connectivity index is 2.21. The highest BCUT2D eigenvalue weighted by atomic mass is 127. The molecule has 2 amide bonds. The van der Waals surface area contributed by atoms with Crippen LogP contribution in [0.1, 0.15) is 38.3 Å². The zero-order chi connectivity index (χ0) is 21.4. The topological polar surface area (TPSA) is 58.6 Å². The van der Waals surface area contributed by atoms with Crippen LogP contribution in [0.3, 0.4) is 0 Å². The Morgan fingerprint density at radius 1 is 1.10 bits per heavy atom. The summed E-state index contributed by atoms with van der Waals surface area (Å²) in [5.41, 5.74) is 2.11. The lowest BCUT2D eigenvalue weighted by atomic mass is 10.1. The van der Waals surface area contributed by atoms with E-state index in [1.165, 1.54) is 0 Å². The molecule has 2 aromatic carbocycles. The third kappa shape index (κ3) is 7.03. The molecule has 5 nitrogen and oxygen atoms in total. The van der Waals surface area contributed by atoms with Crippen molar-refractivity contribution in [3.05, 3.63) is 63.2 Å². The molecule has 0 bridgehead atoms. The Bertz CT molecular complexity index is 821. The predicted octanol–water partition coefficient (Wildman–Crippen LogP) is 4.31. The van der Waals surface area contributed by atoms with Crippen LogP contribution < -0.4 is 10.1 Å². The lowest BCUT2D eigenvalue weighted by Crippen LogP contribution is -2.51. The lowest BCUT2D eigenvalue weighted by Gasteiger charge is -2.31. The number of benzene rings is 2. The molecular weight excluding hydrogens is 479 g/mol. The van der Waals surface area contributed by atoms with Gasteiger partial charge in [-0.3, -0.25) is 9.59 Å². The molecule has 2 rings (SSSR count). The third-order valence-corrected chi connectivity index (χ3v) is 5.31. The molecule has 0 radical (unpaired) electrons. The van der Waals surface area contributed by atoms with Crippen molar-refractivity contribution >= 4 is 34.4 Å². The van der Waals surface area contributed by atoms with Crippen LogP contribution in [0, 0.1) is 10.5 Å². The summed E-state index contributed by atoms with van der Waals surface area (Å²) in [7, 11) is 0. The number of nitrogens with one attached hydrogen (secondary N) is 1. The highest BCUT2D eigenvalue weighted by Gasteiger charge is 2.29. The molecule has 0 saturated heterocycles. The number of amides is 2. The molecule has 0 spiro atoms. The molecule has 6 heteroatoms. The van der Waals surface area contributed by atoms with Gasteiger partial charge < -0.3 is 15.0 Å². The largest absolute Gasteiger partial charge is 0.484 e. The van der Waals surface area contributed by atoms with Gasteiger partial charge in [0.05, 0.1) is 0 Å². The van der Waals surface area contributed by atoms with Crippen molar-refractivity contribution in [1.29, 1.82) is 0 Å². The first kappa shape index (κ1) is 23.2. The number of aryl methyl sites for hydroxylation is 1. The minimum Gasteiger partial charge on any atom is -0.484 e. The Kier molecular flexibility index (Phi) is 8.95. The van der Waals surface area contributed by atoms with Gasteiger partial charge >= 0.3 is 0 Å². The fourth-order valence-electron chi connectivity index (χ4n) is 3.03. The van der Waals surface area contributed by atoms with E-state index in [0.717, 1.165) is 14.7 Å². The quantitative estimate of drug-likeness (QED) is 0.514. The maximum Gasteiger partial charge on any atom is 0.261 e. The van der Waals surface area contributed by atoms with Gasteiger partial charge in [-0.25, -0.2) is 0 Å². The fraction of sp³-hybridized carbons (Fsp3) is 0.391. The average molecular weight is 508 g/mol. The van der Waals surface area contributed by atoms with E-state index in [0.29, 0.717) is 18.7 Å². The van der Waals surface area contributed by atoms with Gasteiger partial charge in [0, 0.05) is 16.2 Å². The highest BCUT2D eigenvalue weighted by Crippen LogP contribution is 2.17. The summed E-state index contributed by atoms with van der Waals surface area (Å²) in [4.78, 5) is 27.5. The van der Waals surface area contributed by atoms with Crippen LogP contribution in [0.25, 0.3) is 0 Å². The fourth-order valence-corrected chi connectivity index (χ4v) is 3.39. The zero-order valence-corrected chi connectivity index (χ0v) is 19.6. The number of carbonyl (C=O) groups is 2. The Hall–Kier alpha value is -2.09. The molecule has 0 aliphatic heterocycles. The van der Waals surface area contributed by atoms with Gasteiger partial charge in [-0.1, -0.05) is 31.2 Å². The van der Waals surface area contributed by atoms with E-state index in [1.807, 2.05) is 76.2 Å². The first-order chi connectivity index (χ1) is 13.8. The van der Waals surface area contributed by atoms with Crippen LogP contribution in [0.5, 0.6) is 5.75 Å². The van der Waals surface area contributed by atoms with Crippen molar-refractivity contribution in [2.45, 2.75) is 52.7 Å². The molecule has 1 N–H and O–H groups in total. The minimum absolute atomic E-state index is 0.00926. The number of nitrogens with zero attached hydrogens (tertiary/aromatic N) is 1. The lowest BCUT2D eigenvalue weighted by molar-refractivity contribution is -0.143. The van der Waals surface area contributed by atoms with Crippen LogP contribution in [0.15, 0.2) is 48.5 Å². The molecule has 1 atom stereocenters. The molecule has 156 valence electrons. The van der Waals surface area contributed by atoms with E-state index in [-0.39, 0.29) is 24.5 Å². The molecule has 2 aromatic rings. The molecule has 0 saturated carbocycles. The van der Waals surface area contributed by atoms with Gasteiger partial charge in [0.1, 0.15) is 11.8 Å². The van der Waals surface area contributed by atoms with Crippen LogP contribution >= 0.6 is 22.6 Å². The van der Waals surface area contributed by atoms with Gasteiger partial charge in [-0.2, -0.15) is 0 Å². The normalized spacial score (nSPS) is 11.8. The number of ether oxygens (including phenoxy) is 1. The van der Waals surface area contributed by atoms with Crippen LogP contribution in [-0.4, -0.2) is 35.4 Å². The van der Waals surface area contributed by atoms with E-state index in [4.69, 9.17) is 4.74 Å². The summed E-state index contributed by atoms with van der Waals surface area (Å²) in [6.07, 6.45) is 0.527. The second kappa shape index (κ2) is 11.2. The Morgan fingerprint density at radius 3 is 2.34 bits per heavy atom. The van der Waals surface area contributed by atoms with Crippen molar-refractivity contribution in [3.8, 4) is 5.75 Å². The Labute approximate surface area is 187 Å². The van der Waals surface area contributed by atoms with Crippen molar-refractivity contribution < 1.29 is 14.3 Å². The van der Waals surface area contributed by atoms with E-state index < -0.39 is 6.04 Å². The monoisotopic (exact) mass is 508 g/mol. The van der Waals surface area contributed by atoms with Crippen LogP contribution in [0.2, 0.25) is 0 Å². The second-order valence-electron chi connectivity index (χ2n) is 7.28. The summed E-state index contributed by atoms with van der Waals surface area (Å²) >= 11 is 2.22. The maximum atomic E-state index is 13.1. The number of rotatable bonds is 9. The molecule has 0 unspecified atom stereocenters. The summed E-state index contributed by atoms with van der Waals surface area (Å²) in [5.74, 6) is 0.283. The standard InChI is InChI=1S/C23H29IN2O3/c1-5-21(23(28)25-16(2)3)26(14-18-9-7-6-8-17(18)4)22(27)15-29-20-12-10-19(24)11-13-20/h6-13,16,21H,5,14-15H2,1-4H3,(H,25,28)/t21-/m1/s1. The van der Waals surface area contributed by atoms with Gasteiger partial charge in [0.15, 0.2) is 6.61 Å². The number of carbonyl (C=O) groups excluding carboxylic acids is 2. The summed E-state index contributed by atoms with van der Waals surface area (Å²) in [6.45, 7) is 8.01. The Morgan fingerprint density at radius 2 is 1.76 bits per heavy atom. The molecule has 0 aliphatic rings. The molecular formula is C23H29IN2O3. The average Bonchev–Trinajstić information content (AvgIpc) is 2.68. The SMILES string of the molecule is CC[C@H](C(=O)NC(C)C)N(Cc1ccccc1C)C(=O)COc1ccc(I)cc1. The van der Waals surface area contributed by atoms with E-state index in [1.54, 1.807) is 4.90 Å². The van der Waals surface area contributed by atoms with Crippen LogP contribution in [-0.2, 0) is 16.1 Å². The van der Waals surface area contributed by atoms with Gasteiger partial charge in [-0.15, -0.1) is 0 Å². The summed E-state index contributed by atoms with van der Waals surface area (Å²) in [6, 6.07) is 14.9.